The minimum Gasteiger partial charge on any atom is -0.326 e. The van der Waals surface area contributed by atoms with E-state index in [0.29, 0.717) is 6.54 Å². The molecule has 2 N–H and O–H groups in total. The van der Waals surface area contributed by atoms with Crippen LogP contribution in [0.25, 0.3) is 6.08 Å². The Bertz CT molecular complexity index is 334. The van der Waals surface area contributed by atoms with Crippen molar-refractivity contribution in [2.45, 2.75) is 13.5 Å². The van der Waals surface area contributed by atoms with E-state index in [-0.39, 0.29) is 8.46 Å². The zero-order valence-corrected chi connectivity index (χ0v) is 8.42. The van der Waals surface area contributed by atoms with Crippen molar-refractivity contribution in [2.75, 3.05) is 0 Å². The van der Waals surface area contributed by atoms with E-state index in [1.54, 1.807) is 5.82 Å². The first kappa shape index (κ1) is 10.1. The van der Waals surface area contributed by atoms with Crippen LogP contribution in [-0.2, 0) is 11.1 Å². The number of hydrogen-bond donors (Lipinski definition) is 1. The van der Waals surface area contributed by atoms with Gasteiger partial charge in [-0.1, -0.05) is 18.2 Å². The molecule has 0 amide bonds. The van der Waals surface area contributed by atoms with Crippen LogP contribution in [0.5, 0.6) is 0 Å². The van der Waals surface area contributed by atoms with Crippen LogP contribution in [0.15, 0.2) is 24.0 Å². The predicted octanol–water partition coefficient (Wildman–Crippen LogP) is 2.72. The molecule has 3 heteroatoms. The summed E-state index contributed by atoms with van der Waals surface area (Å²) in [6, 6.07) is 6.03. The van der Waals surface area contributed by atoms with Crippen molar-refractivity contribution in [1.29, 1.82) is 0 Å². The van der Waals surface area contributed by atoms with Gasteiger partial charge in [-0.05, 0) is 29.7 Å². The molecule has 1 aromatic carbocycles. The lowest BCUT2D eigenvalue weighted by Crippen LogP contribution is -1.96. The molecule has 0 aliphatic rings. The summed E-state index contributed by atoms with van der Waals surface area (Å²) in [5.74, 6) is 1.59. The van der Waals surface area contributed by atoms with Gasteiger partial charge in [0.2, 0.25) is 0 Å². The molecule has 13 heavy (non-hydrogen) atoms. The molecule has 0 atom stereocenters. The van der Waals surface area contributed by atoms with Crippen molar-refractivity contribution in [1.82, 2.24) is 0 Å². The SMILES string of the molecule is Cc1ccc(CN)cc1/C=C/P=O. The van der Waals surface area contributed by atoms with Gasteiger partial charge in [0.25, 0.3) is 0 Å². The number of hydrogen-bond acceptors (Lipinski definition) is 2. The summed E-state index contributed by atoms with van der Waals surface area (Å²) < 4.78 is 10.2. The lowest BCUT2D eigenvalue weighted by atomic mass is 10.1. The molecule has 0 aliphatic heterocycles. The van der Waals surface area contributed by atoms with Crippen molar-refractivity contribution < 1.29 is 4.57 Å². The minimum atomic E-state index is 0.0361. The summed E-state index contributed by atoms with van der Waals surface area (Å²) in [5, 5.41) is 0. The van der Waals surface area contributed by atoms with Gasteiger partial charge in [-0.2, -0.15) is 0 Å². The fourth-order valence-electron chi connectivity index (χ4n) is 1.11. The van der Waals surface area contributed by atoms with Crippen LogP contribution >= 0.6 is 8.46 Å². The molecule has 0 saturated carbocycles. The van der Waals surface area contributed by atoms with Gasteiger partial charge in [-0.25, -0.2) is 0 Å². The lowest BCUT2D eigenvalue weighted by molar-refractivity contribution is 0.603. The molecule has 1 rings (SSSR count). The van der Waals surface area contributed by atoms with E-state index in [1.165, 1.54) is 0 Å². The third-order valence-corrected chi connectivity index (χ3v) is 2.17. The van der Waals surface area contributed by atoms with Crippen molar-refractivity contribution >= 4 is 14.5 Å². The van der Waals surface area contributed by atoms with E-state index in [9.17, 15) is 4.57 Å². The summed E-state index contributed by atoms with van der Waals surface area (Å²) in [6.07, 6.45) is 1.84. The lowest BCUT2D eigenvalue weighted by Gasteiger charge is -2.02. The molecular weight excluding hydrogens is 181 g/mol. The normalized spacial score (nSPS) is 11.2. The molecule has 68 valence electrons. The zero-order valence-electron chi connectivity index (χ0n) is 7.53. The fourth-order valence-corrected chi connectivity index (χ4v) is 1.33. The Balaban J connectivity index is 3.03. The third-order valence-electron chi connectivity index (χ3n) is 1.89. The molecule has 0 bridgehead atoms. The van der Waals surface area contributed by atoms with Crippen molar-refractivity contribution in [3.63, 3.8) is 0 Å². The Hall–Kier alpha value is -0.980. The minimum absolute atomic E-state index is 0.0361. The smallest absolute Gasteiger partial charge is 0.184 e. The Morgan fingerprint density at radius 1 is 1.54 bits per heavy atom. The topological polar surface area (TPSA) is 43.1 Å². The fraction of sp³-hybridized carbons (Fsp3) is 0.200. The van der Waals surface area contributed by atoms with Gasteiger partial charge in [0.15, 0.2) is 8.46 Å². The monoisotopic (exact) mass is 193 g/mol. The highest BCUT2D eigenvalue weighted by molar-refractivity contribution is 7.28. The molecule has 0 radical (unpaired) electrons. The molecule has 0 fully saturated rings. The van der Waals surface area contributed by atoms with E-state index in [1.807, 2.05) is 31.2 Å². The summed E-state index contributed by atoms with van der Waals surface area (Å²) >= 11 is 0. The van der Waals surface area contributed by atoms with E-state index >= 15 is 0 Å². The Kier molecular flexibility index (Phi) is 3.81. The highest BCUT2D eigenvalue weighted by Crippen LogP contribution is 2.14. The first-order valence-electron chi connectivity index (χ1n) is 4.06. The van der Waals surface area contributed by atoms with Crippen LogP contribution in [-0.4, -0.2) is 0 Å². The summed E-state index contributed by atoms with van der Waals surface area (Å²) in [6.45, 7) is 2.55. The van der Waals surface area contributed by atoms with Crippen LogP contribution < -0.4 is 5.73 Å². The van der Waals surface area contributed by atoms with Gasteiger partial charge >= 0.3 is 0 Å². The highest BCUT2D eigenvalue weighted by Gasteiger charge is 1.95. The predicted molar refractivity (Wildman–Crippen MR) is 55.7 cm³/mol. The molecule has 0 aromatic heterocycles. The molecule has 0 unspecified atom stereocenters. The maximum absolute atomic E-state index is 10.2. The molecule has 1 aromatic rings. The second kappa shape index (κ2) is 4.90. The van der Waals surface area contributed by atoms with Crippen molar-refractivity contribution in [2.24, 2.45) is 5.73 Å². The summed E-state index contributed by atoms with van der Waals surface area (Å²) in [5.41, 5.74) is 8.84. The maximum atomic E-state index is 10.2. The van der Waals surface area contributed by atoms with Gasteiger partial charge in [0.05, 0.1) is 0 Å². The average Bonchev–Trinajstić information content (AvgIpc) is 2.17. The van der Waals surface area contributed by atoms with Gasteiger partial charge in [0, 0.05) is 12.4 Å². The van der Waals surface area contributed by atoms with E-state index in [0.717, 1.165) is 16.7 Å². The first-order valence-corrected chi connectivity index (χ1v) is 4.94. The Morgan fingerprint density at radius 2 is 2.31 bits per heavy atom. The van der Waals surface area contributed by atoms with Gasteiger partial charge in [-0.15, -0.1) is 0 Å². The van der Waals surface area contributed by atoms with E-state index in [4.69, 9.17) is 5.73 Å². The average molecular weight is 193 g/mol. The molecule has 0 heterocycles. The molecule has 0 aliphatic carbocycles. The second-order valence-corrected chi connectivity index (χ2v) is 3.33. The van der Waals surface area contributed by atoms with Gasteiger partial charge in [-0.3, -0.25) is 4.57 Å². The number of aryl methyl sites for hydroxylation is 1. The molecule has 0 spiro atoms. The van der Waals surface area contributed by atoms with Gasteiger partial charge in [0.1, 0.15) is 0 Å². The van der Waals surface area contributed by atoms with Crippen LogP contribution in [0, 0.1) is 6.92 Å². The zero-order chi connectivity index (χ0) is 9.68. The number of nitrogens with two attached hydrogens (primary N) is 1. The maximum Gasteiger partial charge on any atom is 0.184 e. The van der Waals surface area contributed by atoms with Crippen LogP contribution in [0.2, 0.25) is 0 Å². The first-order chi connectivity index (χ1) is 6.27. The van der Waals surface area contributed by atoms with Crippen molar-refractivity contribution in [3.05, 3.63) is 40.7 Å². The number of rotatable bonds is 3. The van der Waals surface area contributed by atoms with Gasteiger partial charge < -0.3 is 5.73 Å². The third kappa shape index (κ3) is 2.76. The number of benzene rings is 1. The summed E-state index contributed by atoms with van der Waals surface area (Å²) in [7, 11) is 0.0361. The largest absolute Gasteiger partial charge is 0.326 e. The molecule has 2 nitrogen and oxygen atoms in total. The standard InChI is InChI=1S/C10H12NOP/c1-8-2-3-9(7-11)6-10(8)4-5-13-12/h2-6H,7,11H2,1H3/b5-4+. The quantitative estimate of drug-likeness (QED) is 0.750. The van der Waals surface area contributed by atoms with Crippen molar-refractivity contribution in [3.8, 4) is 0 Å². The van der Waals surface area contributed by atoms with E-state index < -0.39 is 0 Å². The Morgan fingerprint density at radius 3 is 2.92 bits per heavy atom. The highest BCUT2D eigenvalue weighted by atomic mass is 31.1. The van der Waals surface area contributed by atoms with Crippen LogP contribution in [0.4, 0.5) is 0 Å². The molecular formula is C10H12NOP. The van der Waals surface area contributed by atoms with Crippen LogP contribution in [0.3, 0.4) is 0 Å². The summed E-state index contributed by atoms with van der Waals surface area (Å²) in [4.78, 5) is 0. The second-order valence-electron chi connectivity index (χ2n) is 2.82. The van der Waals surface area contributed by atoms with Crippen LogP contribution in [0.1, 0.15) is 16.7 Å². The Labute approximate surface area is 79.7 Å². The molecule has 0 saturated heterocycles. The van der Waals surface area contributed by atoms with E-state index in [2.05, 4.69) is 0 Å².